The van der Waals surface area contributed by atoms with E-state index < -0.39 is 5.97 Å². The zero-order valence-corrected chi connectivity index (χ0v) is 19.4. The molecule has 0 aliphatic rings. The number of nitrogens with one attached hydrogen (secondary N) is 1. The molecule has 4 N–H and O–H groups in total. The Morgan fingerprint density at radius 1 is 0.645 bits per heavy atom. The molecule has 0 radical (unpaired) electrons. The van der Waals surface area contributed by atoms with Crippen molar-refractivity contribution in [1.82, 2.24) is 5.32 Å². The lowest BCUT2D eigenvalue weighted by atomic mass is 10.0. The summed E-state index contributed by atoms with van der Waals surface area (Å²) in [5.74, 6) is -0.771. The fourth-order valence-corrected chi connectivity index (χ4v) is 3.91. The van der Waals surface area contributed by atoms with Gasteiger partial charge < -0.3 is 20.6 Å². The number of carbonyl (C=O) groups is 1. The summed E-state index contributed by atoms with van der Waals surface area (Å²) in [6.45, 7) is 1.94. The number of hydrogen-bond acceptors (Lipinski definition) is 4. The third kappa shape index (κ3) is 16.6. The average molecular weight is 436 g/mol. The van der Waals surface area contributed by atoms with Crippen LogP contribution >= 0.6 is 0 Å². The average Bonchev–Trinajstić information content (AvgIpc) is 2.74. The van der Waals surface area contributed by atoms with Crippen molar-refractivity contribution < 1.29 is 20.1 Å². The summed E-state index contributed by atoms with van der Waals surface area (Å²) in [6, 6.07) is 5.02. The largest absolute Gasteiger partial charge is 0.504 e. The molecule has 0 aromatic heterocycles. The van der Waals surface area contributed by atoms with Crippen LogP contribution in [0.3, 0.4) is 0 Å². The van der Waals surface area contributed by atoms with E-state index in [1.807, 2.05) is 6.07 Å². The number of aromatic hydroxyl groups is 2. The first-order valence-corrected chi connectivity index (χ1v) is 12.5. The maximum atomic E-state index is 10.4. The van der Waals surface area contributed by atoms with E-state index in [9.17, 15) is 15.0 Å². The van der Waals surface area contributed by atoms with Crippen LogP contribution < -0.4 is 5.32 Å². The predicted octanol–water partition coefficient (Wildman–Crippen LogP) is 6.56. The Kier molecular flexibility index (Phi) is 16.7. The lowest BCUT2D eigenvalue weighted by Crippen LogP contribution is -2.18. The zero-order valence-electron chi connectivity index (χ0n) is 19.4. The monoisotopic (exact) mass is 435 g/mol. The van der Waals surface area contributed by atoms with Gasteiger partial charge in [0.15, 0.2) is 11.5 Å². The summed E-state index contributed by atoms with van der Waals surface area (Å²) >= 11 is 0. The van der Waals surface area contributed by atoms with Gasteiger partial charge in [-0.15, -0.1) is 0 Å². The number of phenols is 2. The summed E-state index contributed by atoms with van der Waals surface area (Å²) in [5, 5.41) is 30.8. The summed E-state index contributed by atoms with van der Waals surface area (Å²) in [6.07, 6.45) is 20.2. The second-order valence-corrected chi connectivity index (χ2v) is 8.77. The first-order valence-electron chi connectivity index (χ1n) is 12.5. The molecule has 0 fully saturated rings. The Labute approximate surface area is 189 Å². The summed E-state index contributed by atoms with van der Waals surface area (Å²) in [4.78, 5) is 10.4. The van der Waals surface area contributed by atoms with Gasteiger partial charge >= 0.3 is 5.97 Å². The van der Waals surface area contributed by atoms with Crippen molar-refractivity contribution in [1.29, 1.82) is 0 Å². The standard InChI is InChI=1S/C26H45NO4/c28-24-18-17-23(22-25(24)29)19-21-27-20-15-13-11-9-7-5-3-1-2-4-6-8-10-12-14-16-26(30)31/h17-18,22,27-29H,1-16,19-21H2,(H,30,31). The number of carboxylic acid groups (broad SMARTS) is 1. The Bertz CT molecular complexity index is 577. The van der Waals surface area contributed by atoms with E-state index >= 15 is 0 Å². The number of phenolic OH excluding ortho intramolecular Hbond substituents is 2. The molecule has 0 saturated heterocycles. The molecule has 0 aliphatic carbocycles. The Morgan fingerprint density at radius 2 is 1.13 bits per heavy atom. The van der Waals surface area contributed by atoms with Crippen LogP contribution in [0.1, 0.15) is 108 Å². The van der Waals surface area contributed by atoms with Crippen LogP contribution in [0.5, 0.6) is 11.5 Å². The Hall–Kier alpha value is -1.75. The quantitative estimate of drug-likeness (QED) is 0.130. The number of hydrogen-bond donors (Lipinski definition) is 4. The van der Waals surface area contributed by atoms with E-state index in [-0.39, 0.29) is 11.5 Å². The molecule has 0 spiro atoms. The first-order chi connectivity index (χ1) is 15.1. The number of carboxylic acids is 1. The fourth-order valence-electron chi connectivity index (χ4n) is 3.91. The molecular weight excluding hydrogens is 390 g/mol. The molecule has 0 heterocycles. The molecule has 1 aromatic rings. The van der Waals surface area contributed by atoms with Crippen LogP contribution in [-0.4, -0.2) is 34.4 Å². The van der Waals surface area contributed by atoms with E-state index in [4.69, 9.17) is 5.11 Å². The SMILES string of the molecule is O=C(O)CCCCCCCCCCCCCCCCCNCCc1ccc(O)c(O)c1. The molecule has 178 valence electrons. The Balaban J connectivity index is 1.73. The van der Waals surface area contributed by atoms with Gasteiger partial charge in [-0.05, 0) is 50.0 Å². The molecule has 1 aromatic carbocycles. The number of benzene rings is 1. The molecule has 5 nitrogen and oxygen atoms in total. The van der Waals surface area contributed by atoms with Gasteiger partial charge in [-0.1, -0.05) is 89.5 Å². The third-order valence-electron chi connectivity index (χ3n) is 5.87. The first kappa shape index (κ1) is 27.3. The van der Waals surface area contributed by atoms with E-state index in [1.165, 1.54) is 83.5 Å². The van der Waals surface area contributed by atoms with Crippen LogP contribution in [-0.2, 0) is 11.2 Å². The number of unbranched alkanes of at least 4 members (excludes halogenated alkanes) is 14. The molecular formula is C26H45NO4. The van der Waals surface area contributed by atoms with Crippen molar-refractivity contribution in [3.05, 3.63) is 23.8 Å². The molecule has 5 heteroatoms. The van der Waals surface area contributed by atoms with E-state index in [0.29, 0.717) is 6.42 Å². The molecule has 0 aliphatic heterocycles. The lowest BCUT2D eigenvalue weighted by molar-refractivity contribution is -0.137. The normalized spacial score (nSPS) is 11.1. The van der Waals surface area contributed by atoms with Gasteiger partial charge in [0.25, 0.3) is 0 Å². The predicted molar refractivity (Wildman–Crippen MR) is 128 cm³/mol. The van der Waals surface area contributed by atoms with Gasteiger partial charge in [-0.3, -0.25) is 4.79 Å². The number of aliphatic carboxylic acids is 1. The van der Waals surface area contributed by atoms with Crippen molar-refractivity contribution in [2.45, 2.75) is 109 Å². The summed E-state index contributed by atoms with van der Waals surface area (Å²) in [7, 11) is 0. The van der Waals surface area contributed by atoms with Gasteiger partial charge in [-0.25, -0.2) is 0 Å². The van der Waals surface area contributed by atoms with Crippen molar-refractivity contribution in [2.24, 2.45) is 0 Å². The van der Waals surface area contributed by atoms with Crippen LogP contribution in [0.2, 0.25) is 0 Å². The number of rotatable bonds is 21. The molecule has 0 atom stereocenters. The fraction of sp³-hybridized carbons (Fsp3) is 0.731. The highest BCUT2D eigenvalue weighted by Gasteiger charge is 2.00. The molecule has 0 saturated carbocycles. The van der Waals surface area contributed by atoms with Gasteiger partial charge in [0.05, 0.1) is 0 Å². The smallest absolute Gasteiger partial charge is 0.303 e. The minimum absolute atomic E-state index is 0.0424. The molecule has 0 amide bonds. The minimum atomic E-state index is -0.668. The summed E-state index contributed by atoms with van der Waals surface area (Å²) < 4.78 is 0. The maximum Gasteiger partial charge on any atom is 0.303 e. The summed E-state index contributed by atoms with van der Waals surface area (Å²) in [5.41, 5.74) is 1.04. The zero-order chi connectivity index (χ0) is 22.6. The highest BCUT2D eigenvalue weighted by atomic mass is 16.4. The molecule has 0 unspecified atom stereocenters. The van der Waals surface area contributed by atoms with Gasteiger partial charge in [0.1, 0.15) is 0 Å². The van der Waals surface area contributed by atoms with Crippen molar-refractivity contribution in [3.63, 3.8) is 0 Å². The van der Waals surface area contributed by atoms with Gasteiger partial charge in [0.2, 0.25) is 0 Å². The highest BCUT2D eigenvalue weighted by molar-refractivity contribution is 5.66. The van der Waals surface area contributed by atoms with Gasteiger partial charge in [0, 0.05) is 6.42 Å². The van der Waals surface area contributed by atoms with Gasteiger partial charge in [-0.2, -0.15) is 0 Å². The maximum absolute atomic E-state index is 10.4. The van der Waals surface area contributed by atoms with Crippen LogP contribution in [0.4, 0.5) is 0 Å². The van der Waals surface area contributed by atoms with Crippen molar-refractivity contribution in [2.75, 3.05) is 13.1 Å². The molecule has 31 heavy (non-hydrogen) atoms. The van der Waals surface area contributed by atoms with Crippen molar-refractivity contribution in [3.8, 4) is 11.5 Å². The van der Waals surface area contributed by atoms with Crippen LogP contribution in [0.15, 0.2) is 18.2 Å². The van der Waals surface area contributed by atoms with Crippen LogP contribution in [0.25, 0.3) is 0 Å². The van der Waals surface area contributed by atoms with Crippen molar-refractivity contribution >= 4 is 5.97 Å². The van der Waals surface area contributed by atoms with E-state index in [0.717, 1.165) is 37.9 Å². The Morgan fingerprint density at radius 3 is 1.61 bits per heavy atom. The lowest BCUT2D eigenvalue weighted by Gasteiger charge is -2.06. The van der Waals surface area contributed by atoms with Crippen LogP contribution in [0, 0.1) is 0 Å². The minimum Gasteiger partial charge on any atom is -0.504 e. The topological polar surface area (TPSA) is 89.8 Å². The second-order valence-electron chi connectivity index (χ2n) is 8.77. The second kappa shape index (κ2) is 19.0. The van der Waals surface area contributed by atoms with E-state index in [1.54, 1.807) is 12.1 Å². The van der Waals surface area contributed by atoms with E-state index in [2.05, 4.69) is 5.32 Å². The highest BCUT2D eigenvalue weighted by Crippen LogP contribution is 2.24. The third-order valence-corrected chi connectivity index (χ3v) is 5.87. The molecule has 0 bridgehead atoms. The molecule has 1 rings (SSSR count).